The van der Waals surface area contributed by atoms with E-state index in [4.69, 9.17) is 5.73 Å². The molecule has 0 unspecified atom stereocenters. The average Bonchev–Trinajstić information content (AvgIpc) is 2.72. The zero-order chi connectivity index (χ0) is 14.7. The molecule has 3 rings (SSSR count). The van der Waals surface area contributed by atoms with E-state index in [0.29, 0.717) is 30.5 Å². The fourth-order valence-corrected chi connectivity index (χ4v) is 2.33. The number of amides is 1. The van der Waals surface area contributed by atoms with Gasteiger partial charge in [0.2, 0.25) is 5.91 Å². The summed E-state index contributed by atoms with van der Waals surface area (Å²) in [7, 11) is 0. The van der Waals surface area contributed by atoms with Gasteiger partial charge in [-0.05, 0) is 6.42 Å². The fraction of sp³-hybridized carbons (Fsp3) is 0.267. The molecule has 108 valence electrons. The molecule has 1 aliphatic rings. The van der Waals surface area contributed by atoms with E-state index in [1.165, 1.54) is 0 Å². The number of nitrogen functional groups attached to an aromatic ring is 1. The second kappa shape index (κ2) is 5.78. The van der Waals surface area contributed by atoms with Crippen molar-refractivity contribution in [3.63, 3.8) is 0 Å². The number of nitrogens with two attached hydrogens (primary N) is 1. The van der Waals surface area contributed by atoms with E-state index in [0.717, 1.165) is 18.5 Å². The number of aromatic nitrogens is 2. The molecule has 0 spiro atoms. The Hall–Kier alpha value is -2.63. The first kappa shape index (κ1) is 13.4. The number of anilines is 2. The Morgan fingerprint density at radius 2 is 2.00 bits per heavy atom. The van der Waals surface area contributed by atoms with E-state index in [2.05, 4.69) is 15.3 Å². The van der Waals surface area contributed by atoms with Crippen LogP contribution in [0.5, 0.6) is 0 Å². The molecule has 0 atom stereocenters. The molecule has 21 heavy (non-hydrogen) atoms. The van der Waals surface area contributed by atoms with Crippen molar-refractivity contribution in [3.8, 4) is 11.4 Å². The van der Waals surface area contributed by atoms with Crippen LogP contribution in [0.1, 0.15) is 6.42 Å². The summed E-state index contributed by atoms with van der Waals surface area (Å²) in [5.74, 6) is 1.68. The molecule has 0 bridgehead atoms. The summed E-state index contributed by atoms with van der Waals surface area (Å²) in [6.45, 7) is 1.76. The smallest absolute Gasteiger partial charge is 0.239 e. The molecular weight excluding hydrogens is 266 g/mol. The summed E-state index contributed by atoms with van der Waals surface area (Å²) in [6.07, 6.45) is 0.885. The molecule has 6 nitrogen and oxygen atoms in total. The molecule has 2 heterocycles. The van der Waals surface area contributed by atoms with Crippen LogP contribution < -0.4 is 16.0 Å². The summed E-state index contributed by atoms with van der Waals surface area (Å²) in [4.78, 5) is 22.5. The van der Waals surface area contributed by atoms with Gasteiger partial charge in [-0.2, -0.15) is 0 Å². The largest absolute Gasteiger partial charge is 0.384 e. The van der Waals surface area contributed by atoms with Crippen molar-refractivity contribution >= 4 is 17.5 Å². The standard InChI is InChI=1S/C15H17N5O/c16-12-9-13(20-8-4-7-17-14(21)10-20)19-15(18-12)11-5-2-1-3-6-11/h1-3,5-6,9H,4,7-8,10H2,(H,17,21)(H2,16,18,19). The summed E-state index contributed by atoms with van der Waals surface area (Å²) < 4.78 is 0. The first-order valence-corrected chi connectivity index (χ1v) is 6.94. The Morgan fingerprint density at radius 3 is 2.81 bits per heavy atom. The normalized spacial score (nSPS) is 15.4. The van der Waals surface area contributed by atoms with Crippen LogP contribution in [0.15, 0.2) is 36.4 Å². The summed E-state index contributed by atoms with van der Waals surface area (Å²) >= 11 is 0. The first-order chi connectivity index (χ1) is 10.2. The van der Waals surface area contributed by atoms with E-state index >= 15 is 0 Å². The van der Waals surface area contributed by atoms with Gasteiger partial charge in [0.15, 0.2) is 5.82 Å². The van der Waals surface area contributed by atoms with Crippen LogP contribution in [0.3, 0.4) is 0 Å². The number of rotatable bonds is 2. The number of carbonyl (C=O) groups is 1. The lowest BCUT2D eigenvalue weighted by molar-refractivity contribution is -0.119. The highest BCUT2D eigenvalue weighted by Gasteiger charge is 2.17. The van der Waals surface area contributed by atoms with Crippen LogP contribution in [-0.2, 0) is 4.79 Å². The van der Waals surface area contributed by atoms with Gasteiger partial charge in [0.25, 0.3) is 0 Å². The highest BCUT2D eigenvalue weighted by atomic mass is 16.2. The SMILES string of the molecule is Nc1cc(N2CCCNC(=O)C2)nc(-c2ccccc2)n1. The highest BCUT2D eigenvalue weighted by molar-refractivity contribution is 5.81. The second-order valence-electron chi connectivity index (χ2n) is 4.97. The number of carbonyl (C=O) groups excluding carboxylic acids is 1. The quantitative estimate of drug-likeness (QED) is 0.860. The van der Waals surface area contributed by atoms with Gasteiger partial charge in [-0.25, -0.2) is 9.97 Å². The van der Waals surface area contributed by atoms with Gasteiger partial charge in [0, 0.05) is 24.7 Å². The number of nitrogens with one attached hydrogen (secondary N) is 1. The monoisotopic (exact) mass is 283 g/mol. The van der Waals surface area contributed by atoms with Gasteiger partial charge in [-0.15, -0.1) is 0 Å². The molecule has 3 N–H and O–H groups in total. The van der Waals surface area contributed by atoms with Crippen molar-refractivity contribution in [2.45, 2.75) is 6.42 Å². The summed E-state index contributed by atoms with van der Waals surface area (Å²) in [5.41, 5.74) is 6.81. The topological polar surface area (TPSA) is 84.1 Å². The molecule has 1 amide bonds. The molecule has 1 aromatic carbocycles. The Bertz CT molecular complexity index is 644. The van der Waals surface area contributed by atoms with Crippen LogP contribution in [0.4, 0.5) is 11.6 Å². The minimum atomic E-state index is 0.00550. The number of hydrogen-bond acceptors (Lipinski definition) is 5. The van der Waals surface area contributed by atoms with Crippen molar-refractivity contribution in [2.24, 2.45) is 0 Å². The predicted molar refractivity (Wildman–Crippen MR) is 81.7 cm³/mol. The lowest BCUT2D eigenvalue weighted by Crippen LogP contribution is -2.33. The summed E-state index contributed by atoms with van der Waals surface area (Å²) in [5, 5.41) is 2.85. The van der Waals surface area contributed by atoms with Gasteiger partial charge in [-0.1, -0.05) is 30.3 Å². The zero-order valence-electron chi connectivity index (χ0n) is 11.6. The Kier molecular flexibility index (Phi) is 3.68. The van der Waals surface area contributed by atoms with Crippen LogP contribution in [0.2, 0.25) is 0 Å². The van der Waals surface area contributed by atoms with Gasteiger partial charge < -0.3 is 16.0 Å². The zero-order valence-corrected chi connectivity index (χ0v) is 11.6. The molecule has 0 saturated carbocycles. The van der Waals surface area contributed by atoms with E-state index in [9.17, 15) is 4.79 Å². The second-order valence-corrected chi connectivity index (χ2v) is 4.97. The fourth-order valence-electron chi connectivity index (χ4n) is 2.33. The van der Waals surface area contributed by atoms with Gasteiger partial charge in [-0.3, -0.25) is 4.79 Å². The summed E-state index contributed by atoms with van der Waals surface area (Å²) in [6, 6.07) is 11.4. The van der Waals surface area contributed by atoms with E-state index in [-0.39, 0.29) is 5.91 Å². The van der Waals surface area contributed by atoms with Crippen LogP contribution in [0.25, 0.3) is 11.4 Å². The molecule has 1 aliphatic heterocycles. The third-order valence-electron chi connectivity index (χ3n) is 3.35. The Balaban J connectivity index is 1.95. The molecule has 0 aliphatic carbocycles. The number of nitrogens with zero attached hydrogens (tertiary/aromatic N) is 3. The average molecular weight is 283 g/mol. The van der Waals surface area contributed by atoms with Gasteiger partial charge in [0.1, 0.15) is 11.6 Å². The predicted octanol–water partition coefficient (Wildman–Crippen LogP) is 1.05. The minimum Gasteiger partial charge on any atom is -0.384 e. The maximum absolute atomic E-state index is 11.7. The first-order valence-electron chi connectivity index (χ1n) is 6.94. The minimum absolute atomic E-state index is 0.00550. The highest BCUT2D eigenvalue weighted by Crippen LogP contribution is 2.21. The van der Waals surface area contributed by atoms with Crippen molar-refractivity contribution in [2.75, 3.05) is 30.3 Å². The van der Waals surface area contributed by atoms with Crippen LogP contribution in [-0.4, -0.2) is 35.5 Å². The van der Waals surface area contributed by atoms with Crippen molar-refractivity contribution in [1.82, 2.24) is 15.3 Å². The molecule has 1 fully saturated rings. The molecule has 1 saturated heterocycles. The van der Waals surface area contributed by atoms with E-state index in [1.54, 1.807) is 6.07 Å². The maximum Gasteiger partial charge on any atom is 0.239 e. The van der Waals surface area contributed by atoms with Crippen molar-refractivity contribution in [1.29, 1.82) is 0 Å². The molecule has 6 heteroatoms. The molecule has 0 radical (unpaired) electrons. The molecule has 1 aromatic heterocycles. The molecular formula is C15H17N5O. The van der Waals surface area contributed by atoms with Crippen molar-refractivity contribution < 1.29 is 4.79 Å². The van der Waals surface area contributed by atoms with Gasteiger partial charge in [0.05, 0.1) is 6.54 Å². The lowest BCUT2D eigenvalue weighted by Gasteiger charge is -2.20. The Labute approximate surface area is 123 Å². The van der Waals surface area contributed by atoms with Crippen LogP contribution in [0, 0.1) is 0 Å². The lowest BCUT2D eigenvalue weighted by atomic mass is 10.2. The van der Waals surface area contributed by atoms with E-state index in [1.807, 2.05) is 35.2 Å². The number of benzene rings is 1. The number of hydrogen-bond donors (Lipinski definition) is 2. The third kappa shape index (κ3) is 3.10. The van der Waals surface area contributed by atoms with Gasteiger partial charge >= 0.3 is 0 Å². The van der Waals surface area contributed by atoms with Crippen molar-refractivity contribution in [3.05, 3.63) is 36.4 Å². The maximum atomic E-state index is 11.7. The Morgan fingerprint density at radius 1 is 1.19 bits per heavy atom. The van der Waals surface area contributed by atoms with Crippen LogP contribution >= 0.6 is 0 Å². The third-order valence-corrected chi connectivity index (χ3v) is 3.35. The van der Waals surface area contributed by atoms with E-state index < -0.39 is 0 Å². The molecule has 2 aromatic rings.